The fraction of sp³-hybridized carbons (Fsp3) is 0.235. The van der Waals surface area contributed by atoms with Gasteiger partial charge < -0.3 is 10.2 Å². The molecule has 1 aromatic carbocycles. The van der Waals surface area contributed by atoms with Gasteiger partial charge in [0.2, 0.25) is 5.78 Å². The van der Waals surface area contributed by atoms with Crippen molar-refractivity contribution in [2.24, 2.45) is 0 Å². The van der Waals surface area contributed by atoms with E-state index in [4.69, 9.17) is 0 Å². The highest BCUT2D eigenvalue weighted by atomic mass is 16.1. The van der Waals surface area contributed by atoms with E-state index in [2.05, 4.69) is 34.0 Å². The van der Waals surface area contributed by atoms with Crippen molar-refractivity contribution in [3.63, 3.8) is 0 Å². The molecule has 0 fully saturated rings. The van der Waals surface area contributed by atoms with Gasteiger partial charge in [0.05, 0.1) is 0 Å². The van der Waals surface area contributed by atoms with Crippen molar-refractivity contribution < 1.29 is 4.79 Å². The molecule has 0 atom stereocenters. The van der Waals surface area contributed by atoms with E-state index in [1.807, 2.05) is 30.5 Å². The number of carbonyl (C=O) groups excluding carboxylic acids is 1. The predicted octanol–water partition coefficient (Wildman–Crippen LogP) is 2.83. The van der Waals surface area contributed by atoms with E-state index in [9.17, 15) is 4.79 Å². The van der Waals surface area contributed by atoms with E-state index in [0.717, 1.165) is 24.5 Å². The number of nitrogens with one attached hydrogen (secondary N) is 1. The Morgan fingerprint density at radius 3 is 2.61 bits per heavy atom. The Hall–Kier alpha value is -2.89. The highest BCUT2D eigenvalue weighted by Crippen LogP contribution is 2.18. The molecule has 118 valence electrons. The molecule has 6 nitrogen and oxygen atoms in total. The minimum atomic E-state index is -0.244. The minimum absolute atomic E-state index is 0.244. The number of aromatic nitrogens is 3. The summed E-state index contributed by atoms with van der Waals surface area (Å²) in [5, 5.41) is 2.86. The van der Waals surface area contributed by atoms with Crippen LogP contribution in [0.15, 0.2) is 48.9 Å². The first-order chi connectivity index (χ1) is 11.2. The summed E-state index contributed by atoms with van der Waals surface area (Å²) in [6.07, 6.45) is 5.13. The van der Waals surface area contributed by atoms with Crippen LogP contribution in [0.2, 0.25) is 0 Å². The topological polar surface area (TPSA) is 62.5 Å². The third-order valence-electron chi connectivity index (χ3n) is 3.72. The summed E-state index contributed by atoms with van der Waals surface area (Å²) >= 11 is 0. The van der Waals surface area contributed by atoms with Gasteiger partial charge in [0.15, 0.2) is 0 Å². The molecule has 2 heterocycles. The van der Waals surface area contributed by atoms with Crippen LogP contribution in [0.25, 0.3) is 5.78 Å². The third kappa shape index (κ3) is 3.15. The van der Waals surface area contributed by atoms with E-state index in [0.29, 0.717) is 11.5 Å². The molecule has 23 heavy (non-hydrogen) atoms. The summed E-state index contributed by atoms with van der Waals surface area (Å²) in [5.74, 6) is 0.264. The number of fused-ring (bicyclic) bond motifs is 1. The number of imidazole rings is 1. The van der Waals surface area contributed by atoms with Gasteiger partial charge in [-0.2, -0.15) is 0 Å². The summed E-state index contributed by atoms with van der Waals surface area (Å²) in [4.78, 5) is 22.9. The van der Waals surface area contributed by atoms with E-state index in [-0.39, 0.29) is 5.91 Å². The van der Waals surface area contributed by atoms with Crippen molar-refractivity contribution in [1.82, 2.24) is 14.4 Å². The van der Waals surface area contributed by atoms with Crippen molar-refractivity contribution in [2.45, 2.75) is 13.8 Å². The summed E-state index contributed by atoms with van der Waals surface area (Å²) in [6.45, 7) is 6.15. The molecule has 2 aromatic heterocycles. The van der Waals surface area contributed by atoms with E-state index in [1.54, 1.807) is 22.9 Å². The van der Waals surface area contributed by atoms with Crippen LogP contribution in [0.1, 0.15) is 24.3 Å². The molecule has 0 saturated heterocycles. The van der Waals surface area contributed by atoms with Crippen LogP contribution < -0.4 is 10.2 Å². The van der Waals surface area contributed by atoms with Gasteiger partial charge in [0, 0.05) is 43.1 Å². The molecule has 3 rings (SSSR count). The van der Waals surface area contributed by atoms with Gasteiger partial charge in [0.25, 0.3) is 5.91 Å². The second kappa shape index (κ2) is 6.48. The zero-order chi connectivity index (χ0) is 16.2. The Morgan fingerprint density at radius 1 is 1.22 bits per heavy atom. The molecule has 0 saturated carbocycles. The molecule has 0 aliphatic heterocycles. The van der Waals surface area contributed by atoms with Crippen LogP contribution in [0, 0.1) is 0 Å². The SMILES string of the molecule is CCN(CC)c1ccc(NC(=O)c2cn3cccnc3n2)cc1. The summed E-state index contributed by atoms with van der Waals surface area (Å²) in [7, 11) is 0. The van der Waals surface area contributed by atoms with Crippen LogP contribution in [-0.2, 0) is 0 Å². The Bertz CT molecular complexity index is 772. The van der Waals surface area contributed by atoms with E-state index in [1.165, 1.54) is 0 Å². The average molecular weight is 309 g/mol. The van der Waals surface area contributed by atoms with Gasteiger partial charge >= 0.3 is 0 Å². The van der Waals surface area contributed by atoms with Crippen LogP contribution in [-0.4, -0.2) is 33.4 Å². The van der Waals surface area contributed by atoms with Crippen LogP contribution in [0.4, 0.5) is 11.4 Å². The number of carbonyl (C=O) groups is 1. The number of amides is 1. The largest absolute Gasteiger partial charge is 0.372 e. The maximum Gasteiger partial charge on any atom is 0.275 e. The van der Waals surface area contributed by atoms with Gasteiger partial charge in [-0.25, -0.2) is 9.97 Å². The van der Waals surface area contributed by atoms with Crippen molar-refractivity contribution in [3.05, 3.63) is 54.6 Å². The number of nitrogens with zero attached hydrogens (tertiary/aromatic N) is 4. The zero-order valence-corrected chi connectivity index (χ0v) is 13.2. The molecule has 0 aliphatic rings. The molecule has 0 spiro atoms. The Morgan fingerprint density at radius 2 is 1.96 bits per heavy atom. The summed E-state index contributed by atoms with van der Waals surface area (Å²) in [5.41, 5.74) is 2.23. The molecule has 3 aromatic rings. The Kier molecular flexibility index (Phi) is 4.23. The molecule has 1 N–H and O–H groups in total. The summed E-state index contributed by atoms with van der Waals surface area (Å²) < 4.78 is 1.72. The minimum Gasteiger partial charge on any atom is -0.372 e. The van der Waals surface area contributed by atoms with E-state index >= 15 is 0 Å². The average Bonchev–Trinajstić information content (AvgIpc) is 3.02. The summed E-state index contributed by atoms with van der Waals surface area (Å²) in [6, 6.07) is 9.61. The van der Waals surface area contributed by atoms with Gasteiger partial charge in [-0.05, 0) is 44.2 Å². The van der Waals surface area contributed by atoms with Crippen molar-refractivity contribution in [1.29, 1.82) is 0 Å². The number of hydrogen-bond acceptors (Lipinski definition) is 4. The lowest BCUT2D eigenvalue weighted by Gasteiger charge is -2.21. The third-order valence-corrected chi connectivity index (χ3v) is 3.72. The number of hydrogen-bond donors (Lipinski definition) is 1. The molecule has 1 amide bonds. The van der Waals surface area contributed by atoms with Gasteiger partial charge in [-0.15, -0.1) is 0 Å². The first kappa shape index (κ1) is 15.0. The highest BCUT2D eigenvalue weighted by Gasteiger charge is 2.11. The first-order valence-corrected chi connectivity index (χ1v) is 7.67. The van der Waals surface area contributed by atoms with Gasteiger partial charge in [-0.3, -0.25) is 9.20 Å². The number of rotatable bonds is 5. The molecular weight excluding hydrogens is 290 g/mol. The lowest BCUT2D eigenvalue weighted by molar-refractivity contribution is 0.102. The first-order valence-electron chi connectivity index (χ1n) is 7.67. The maximum atomic E-state index is 12.3. The standard InChI is InChI=1S/C17H19N5O/c1-3-21(4-2)14-8-6-13(7-9-14)19-16(23)15-12-22-11-5-10-18-17(22)20-15/h5-12H,3-4H2,1-2H3,(H,19,23). The van der Waals surface area contributed by atoms with Crippen molar-refractivity contribution >= 4 is 23.1 Å². The number of anilines is 2. The smallest absolute Gasteiger partial charge is 0.275 e. The molecule has 0 bridgehead atoms. The molecule has 0 radical (unpaired) electrons. The Labute approximate surface area is 134 Å². The van der Waals surface area contributed by atoms with Crippen LogP contribution >= 0.6 is 0 Å². The molecular formula is C17H19N5O. The lowest BCUT2D eigenvalue weighted by Crippen LogP contribution is -2.21. The van der Waals surface area contributed by atoms with Gasteiger partial charge in [0.1, 0.15) is 5.69 Å². The normalized spacial score (nSPS) is 10.7. The number of benzene rings is 1. The predicted molar refractivity (Wildman–Crippen MR) is 90.9 cm³/mol. The van der Waals surface area contributed by atoms with E-state index < -0.39 is 0 Å². The fourth-order valence-electron chi connectivity index (χ4n) is 2.48. The zero-order valence-electron chi connectivity index (χ0n) is 13.2. The molecule has 0 unspecified atom stereocenters. The molecule has 6 heteroatoms. The fourth-order valence-corrected chi connectivity index (χ4v) is 2.48. The van der Waals surface area contributed by atoms with Gasteiger partial charge in [-0.1, -0.05) is 0 Å². The monoisotopic (exact) mass is 309 g/mol. The second-order valence-corrected chi connectivity index (χ2v) is 5.13. The Balaban J connectivity index is 1.74. The van der Waals surface area contributed by atoms with Crippen molar-refractivity contribution in [2.75, 3.05) is 23.3 Å². The highest BCUT2D eigenvalue weighted by molar-refractivity contribution is 6.03. The lowest BCUT2D eigenvalue weighted by atomic mass is 10.2. The van der Waals surface area contributed by atoms with Crippen molar-refractivity contribution in [3.8, 4) is 0 Å². The van der Waals surface area contributed by atoms with Crippen LogP contribution in [0.5, 0.6) is 0 Å². The second-order valence-electron chi connectivity index (χ2n) is 5.13. The maximum absolute atomic E-state index is 12.3. The molecule has 0 aliphatic carbocycles. The quantitative estimate of drug-likeness (QED) is 0.787. The van der Waals surface area contributed by atoms with Crippen LogP contribution in [0.3, 0.4) is 0 Å².